The van der Waals surface area contributed by atoms with Gasteiger partial charge in [-0.05, 0) is 49.9 Å². The maximum Gasteiger partial charge on any atom is 0.160 e. The lowest BCUT2D eigenvalue weighted by Gasteiger charge is -2.16. The van der Waals surface area contributed by atoms with Gasteiger partial charge in [-0.1, -0.05) is 6.07 Å². The Morgan fingerprint density at radius 3 is 2.63 bits per heavy atom. The van der Waals surface area contributed by atoms with Crippen molar-refractivity contribution >= 4 is 0 Å². The third-order valence-electron chi connectivity index (χ3n) is 3.75. The molecule has 1 aromatic rings. The number of benzene rings is 1. The molecule has 2 atom stereocenters. The van der Waals surface area contributed by atoms with Gasteiger partial charge in [-0.15, -0.1) is 0 Å². The van der Waals surface area contributed by atoms with Crippen molar-refractivity contribution in [3.05, 3.63) is 23.8 Å². The quantitative estimate of drug-likeness (QED) is 0.823. The minimum absolute atomic E-state index is 0.176. The van der Waals surface area contributed by atoms with Crippen molar-refractivity contribution < 1.29 is 14.6 Å². The zero-order valence-electron chi connectivity index (χ0n) is 11.7. The van der Waals surface area contributed by atoms with Crippen LogP contribution in [0, 0.1) is 0 Å². The molecule has 0 spiro atoms. The van der Waals surface area contributed by atoms with Gasteiger partial charge in [0.05, 0.1) is 20.3 Å². The van der Waals surface area contributed by atoms with Crippen LogP contribution in [-0.2, 0) is 6.42 Å². The molecule has 0 unspecified atom stereocenters. The van der Waals surface area contributed by atoms with Crippen molar-refractivity contribution in [2.45, 2.75) is 37.8 Å². The fourth-order valence-electron chi connectivity index (χ4n) is 2.62. The highest BCUT2D eigenvalue weighted by Crippen LogP contribution is 2.27. The lowest BCUT2D eigenvalue weighted by atomic mass is 10.1. The van der Waals surface area contributed by atoms with E-state index in [0.29, 0.717) is 0 Å². The van der Waals surface area contributed by atoms with E-state index in [1.165, 1.54) is 5.56 Å². The highest BCUT2D eigenvalue weighted by Gasteiger charge is 2.24. The van der Waals surface area contributed by atoms with Gasteiger partial charge < -0.3 is 19.9 Å². The Balaban J connectivity index is 1.85. The van der Waals surface area contributed by atoms with Gasteiger partial charge in [-0.25, -0.2) is 0 Å². The minimum atomic E-state index is -0.176. The Hall–Kier alpha value is -1.26. The maximum atomic E-state index is 9.74. The molecule has 1 aromatic carbocycles. The molecule has 0 aromatic heterocycles. The molecule has 106 valence electrons. The average Bonchev–Trinajstić information content (AvgIpc) is 2.84. The topological polar surface area (TPSA) is 50.7 Å². The van der Waals surface area contributed by atoms with E-state index in [-0.39, 0.29) is 12.1 Å². The predicted molar refractivity (Wildman–Crippen MR) is 74.9 cm³/mol. The number of ether oxygens (including phenoxy) is 2. The van der Waals surface area contributed by atoms with Gasteiger partial charge in [0, 0.05) is 6.04 Å². The second-order valence-corrected chi connectivity index (χ2v) is 5.00. The zero-order valence-corrected chi connectivity index (χ0v) is 11.7. The monoisotopic (exact) mass is 265 g/mol. The highest BCUT2D eigenvalue weighted by atomic mass is 16.5. The van der Waals surface area contributed by atoms with Crippen LogP contribution in [-0.4, -0.2) is 38.0 Å². The van der Waals surface area contributed by atoms with Crippen LogP contribution in [0.3, 0.4) is 0 Å². The number of hydrogen-bond donors (Lipinski definition) is 2. The van der Waals surface area contributed by atoms with Gasteiger partial charge in [0.1, 0.15) is 0 Å². The molecule has 1 fully saturated rings. The van der Waals surface area contributed by atoms with E-state index in [4.69, 9.17) is 9.47 Å². The minimum Gasteiger partial charge on any atom is -0.493 e. The molecule has 2 N–H and O–H groups in total. The third-order valence-corrected chi connectivity index (χ3v) is 3.75. The van der Waals surface area contributed by atoms with Gasteiger partial charge in [-0.3, -0.25) is 0 Å². The van der Waals surface area contributed by atoms with Gasteiger partial charge in [0.2, 0.25) is 0 Å². The van der Waals surface area contributed by atoms with Crippen molar-refractivity contribution in [1.82, 2.24) is 5.32 Å². The molecule has 4 heteroatoms. The molecule has 2 rings (SSSR count). The Morgan fingerprint density at radius 1 is 1.21 bits per heavy atom. The molecule has 1 aliphatic rings. The molecule has 0 bridgehead atoms. The largest absolute Gasteiger partial charge is 0.493 e. The van der Waals surface area contributed by atoms with E-state index in [1.54, 1.807) is 14.2 Å². The van der Waals surface area contributed by atoms with Crippen LogP contribution in [0.25, 0.3) is 0 Å². The number of aliphatic hydroxyl groups excluding tert-OH is 1. The number of hydrogen-bond acceptors (Lipinski definition) is 4. The summed E-state index contributed by atoms with van der Waals surface area (Å²) in [5, 5.41) is 13.2. The summed E-state index contributed by atoms with van der Waals surface area (Å²) in [4.78, 5) is 0. The van der Waals surface area contributed by atoms with Crippen molar-refractivity contribution in [2.75, 3.05) is 20.8 Å². The van der Waals surface area contributed by atoms with E-state index >= 15 is 0 Å². The molecule has 1 saturated carbocycles. The molecule has 0 saturated heterocycles. The predicted octanol–water partition coefficient (Wildman–Crippen LogP) is 1.75. The summed E-state index contributed by atoms with van der Waals surface area (Å²) in [7, 11) is 3.29. The fourth-order valence-corrected chi connectivity index (χ4v) is 2.62. The molecule has 0 amide bonds. The highest BCUT2D eigenvalue weighted by molar-refractivity contribution is 5.42. The molecule has 4 nitrogen and oxygen atoms in total. The summed E-state index contributed by atoms with van der Waals surface area (Å²) in [6.07, 6.45) is 3.87. The van der Waals surface area contributed by atoms with E-state index < -0.39 is 0 Å². The normalized spacial score (nSPS) is 22.5. The van der Waals surface area contributed by atoms with E-state index in [9.17, 15) is 5.11 Å². The summed E-state index contributed by atoms with van der Waals surface area (Å²) < 4.78 is 10.5. The van der Waals surface area contributed by atoms with Crippen molar-refractivity contribution in [1.29, 1.82) is 0 Å². The van der Waals surface area contributed by atoms with E-state index in [2.05, 4.69) is 5.32 Å². The van der Waals surface area contributed by atoms with Gasteiger partial charge in [0.15, 0.2) is 11.5 Å². The zero-order chi connectivity index (χ0) is 13.7. The lowest BCUT2D eigenvalue weighted by molar-refractivity contribution is 0.149. The summed E-state index contributed by atoms with van der Waals surface area (Å²) in [5.41, 5.74) is 1.21. The summed E-state index contributed by atoms with van der Waals surface area (Å²) in [5.74, 6) is 1.52. The van der Waals surface area contributed by atoms with Crippen LogP contribution < -0.4 is 14.8 Å². The lowest BCUT2D eigenvalue weighted by Crippen LogP contribution is -2.36. The first-order valence-corrected chi connectivity index (χ1v) is 6.87. The molecule has 1 aliphatic carbocycles. The Bertz CT molecular complexity index is 408. The van der Waals surface area contributed by atoms with E-state index in [1.807, 2.05) is 18.2 Å². The fraction of sp³-hybridized carbons (Fsp3) is 0.600. The maximum absolute atomic E-state index is 9.74. The van der Waals surface area contributed by atoms with Crippen LogP contribution in [0.5, 0.6) is 11.5 Å². The second kappa shape index (κ2) is 6.78. The van der Waals surface area contributed by atoms with Gasteiger partial charge in [0.25, 0.3) is 0 Å². The molecular weight excluding hydrogens is 242 g/mol. The number of aliphatic hydroxyl groups is 1. The molecule has 19 heavy (non-hydrogen) atoms. The first-order valence-electron chi connectivity index (χ1n) is 6.87. The van der Waals surface area contributed by atoms with Crippen molar-refractivity contribution in [3.63, 3.8) is 0 Å². The molecular formula is C15H23NO3. The number of nitrogens with one attached hydrogen (secondary N) is 1. The first kappa shape index (κ1) is 14.2. The van der Waals surface area contributed by atoms with Crippen LogP contribution in [0.15, 0.2) is 18.2 Å². The van der Waals surface area contributed by atoms with Crippen LogP contribution in [0.1, 0.15) is 24.8 Å². The smallest absolute Gasteiger partial charge is 0.160 e. The number of methoxy groups -OCH3 is 2. The van der Waals surface area contributed by atoms with Crippen molar-refractivity contribution in [3.8, 4) is 11.5 Å². The van der Waals surface area contributed by atoms with Crippen LogP contribution in [0.4, 0.5) is 0 Å². The standard InChI is InChI=1S/C15H23NO3/c1-18-14-7-6-11(10-15(14)19-2)8-9-16-12-4-3-5-13(12)17/h6-7,10,12-13,16-17H,3-5,8-9H2,1-2H3/t12-,13-/m1/s1. The number of rotatable bonds is 6. The van der Waals surface area contributed by atoms with E-state index in [0.717, 1.165) is 43.7 Å². The molecule has 0 radical (unpaired) electrons. The Morgan fingerprint density at radius 2 is 2.00 bits per heavy atom. The SMILES string of the molecule is COc1ccc(CCN[C@@H]2CCC[C@H]2O)cc1OC. The summed E-state index contributed by atoms with van der Waals surface area (Å²) in [6.45, 7) is 0.872. The first-order chi connectivity index (χ1) is 9.24. The third kappa shape index (κ3) is 3.61. The molecule has 0 heterocycles. The van der Waals surface area contributed by atoms with Crippen LogP contribution >= 0.6 is 0 Å². The Labute approximate surface area is 114 Å². The van der Waals surface area contributed by atoms with Crippen molar-refractivity contribution in [2.24, 2.45) is 0 Å². The summed E-state index contributed by atoms with van der Waals surface area (Å²) in [6, 6.07) is 6.25. The Kier molecular flexibility index (Phi) is 5.05. The summed E-state index contributed by atoms with van der Waals surface area (Å²) >= 11 is 0. The molecule has 0 aliphatic heterocycles. The second-order valence-electron chi connectivity index (χ2n) is 5.00. The van der Waals surface area contributed by atoms with Gasteiger partial charge in [-0.2, -0.15) is 0 Å². The van der Waals surface area contributed by atoms with Gasteiger partial charge >= 0.3 is 0 Å². The average molecular weight is 265 g/mol. The van der Waals surface area contributed by atoms with Crippen LogP contribution in [0.2, 0.25) is 0 Å².